The van der Waals surface area contributed by atoms with Gasteiger partial charge in [0.2, 0.25) is 0 Å². The molecule has 1 aromatic rings. The van der Waals surface area contributed by atoms with Gasteiger partial charge in [0, 0.05) is 36.6 Å². The minimum atomic E-state index is 0.402. The van der Waals surface area contributed by atoms with Gasteiger partial charge < -0.3 is 4.74 Å². The van der Waals surface area contributed by atoms with Gasteiger partial charge in [-0.1, -0.05) is 0 Å². The SMILES string of the molecule is Cc1ncc(C(C)N2CC3CC2CO3)cn1. The maximum Gasteiger partial charge on any atom is 0.125 e. The van der Waals surface area contributed by atoms with Gasteiger partial charge in [-0.25, -0.2) is 9.97 Å². The van der Waals surface area contributed by atoms with E-state index in [0.29, 0.717) is 18.2 Å². The maximum absolute atomic E-state index is 5.61. The Bertz CT molecular complexity index is 378. The lowest BCUT2D eigenvalue weighted by Crippen LogP contribution is -2.38. The highest BCUT2D eigenvalue weighted by Crippen LogP contribution is 2.34. The fraction of sp³-hybridized carbons (Fsp3) is 0.667. The minimum Gasteiger partial charge on any atom is -0.375 e. The Morgan fingerprint density at radius 1 is 1.44 bits per heavy atom. The first-order valence-electron chi connectivity index (χ1n) is 5.90. The van der Waals surface area contributed by atoms with Crippen LogP contribution in [0.1, 0.15) is 30.8 Å². The lowest BCUT2D eigenvalue weighted by Gasteiger charge is -2.32. The van der Waals surface area contributed by atoms with E-state index in [4.69, 9.17) is 4.74 Å². The standard InChI is InChI=1S/C12H17N3O/c1-8(10-4-13-9(2)14-5-10)15-6-12-3-11(15)7-16-12/h4-5,8,11-12H,3,6-7H2,1-2H3. The predicted molar refractivity (Wildman–Crippen MR) is 60.0 cm³/mol. The lowest BCUT2D eigenvalue weighted by atomic mass is 10.1. The average molecular weight is 219 g/mol. The van der Waals surface area contributed by atoms with Gasteiger partial charge in [-0.05, 0) is 20.3 Å². The van der Waals surface area contributed by atoms with Gasteiger partial charge in [-0.3, -0.25) is 4.90 Å². The van der Waals surface area contributed by atoms with Crippen LogP contribution in [0.2, 0.25) is 0 Å². The number of likely N-dealkylation sites (tertiary alicyclic amines) is 1. The second-order valence-corrected chi connectivity index (χ2v) is 4.78. The van der Waals surface area contributed by atoms with Crippen molar-refractivity contribution in [3.05, 3.63) is 23.8 Å². The van der Waals surface area contributed by atoms with Crippen molar-refractivity contribution in [3.63, 3.8) is 0 Å². The summed E-state index contributed by atoms with van der Waals surface area (Å²) in [5.41, 5.74) is 1.21. The third-order valence-corrected chi connectivity index (χ3v) is 3.72. The second kappa shape index (κ2) is 3.79. The van der Waals surface area contributed by atoms with Crippen LogP contribution in [0.5, 0.6) is 0 Å². The Hall–Kier alpha value is -1.00. The Morgan fingerprint density at radius 3 is 2.75 bits per heavy atom. The van der Waals surface area contributed by atoms with Crippen LogP contribution in [-0.2, 0) is 4.74 Å². The molecule has 0 amide bonds. The van der Waals surface area contributed by atoms with Crippen molar-refractivity contribution in [1.82, 2.24) is 14.9 Å². The van der Waals surface area contributed by atoms with Crippen LogP contribution in [0.3, 0.4) is 0 Å². The number of hydrogen-bond donors (Lipinski definition) is 0. The predicted octanol–water partition coefficient (Wildman–Crippen LogP) is 1.32. The molecule has 4 heteroatoms. The summed E-state index contributed by atoms with van der Waals surface area (Å²) in [6.45, 7) is 6.09. The molecule has 2 saturated heterocycles. The first-order valence-corrected chi connectivity index (χ1v) is 5.90. The molecule has 3 heterocycles. The summed E-state index contributed by atoms with van der Waals surface area (Å²) >= 11 is 0. The number of rotatable bonds is 2. The molecule has 1 aromatic heterocycles. The van der Waals surface area contributed by atoms with Crippen LogP contribution in [0.15, 0.2) is 12.4 Å². The normalized spacial score (nSPS) is 30.9. The highest BCUT2D eigenvalue weighted by atomic mass is 16.5. The van der Waals surface area contributed by atoms with E-state index in [9.17, 15) is 0 Å². The Morgan fingerprint density at radius 2 is 2.19 bits per heavy atom. The molecular formula is C12H17N3O. The minimum absolute atomic E-state index is 0.402. The molecule has 0 spiro atoms. The molecule has 0 radical (unpaired) electrons. The van der Waals surface area contributed by atoms with E-state index < -0.39 is 0 Å². The van der Waals surface area contributed by atoms with E-state index in [-0.39, 0.29) is 0 Å². The van der Waals surface area contributed by atoms with Gasteiger partial charge in [-0.2, -0.15) is 0 Å². The van der Waals surface area contributed by atoms with Crippen LogP contribution >= 0.6 is 0 Å². The van der Waals surface area contributed by atoms with Crippen molar-refractivity contribution in [2.45, 2.75) is 38.5 Å². The van der Waals surface area contributed by atoms with Crippen molar-refractivity contribution in [2.24, 2.45) is 0 Å². The van der Waals surface area contributed by atoms with E-state index in [2.05, 4.69) is 21.8 Å². The van der Waals surface area contributed by atoms with Gasteiger partial charge >= 0.3 is 0 Å². The van der Waals surface area contributed by atoms with E-state index in [1.165, 1.54) is 12.0 Å². The summed E-state index contributed by atoms with van der Waals surface area (Å²) in [7, 11) is 0. The molecule has 3 atom stereocenters. The molecule has 0 aromatic carbocycles. The van der Waals surface area contributed by atoms with Crippen LogP contribution in [0.4, 0.5) is 0 Å². The molecule has 3 unspecified atom stereocenters. The summed E-state index contributed by atoms with van der Waals surface area (Å²) in [6.07, 6.45) is 5.54. The van der Waals surface area contributed by atoms with E-state index in [1.54, 1.807) is 0 Å². The average Bonchev–Trinajstić information content (AvgIpc) is 2.91. The second-order valence-electron chi connectivity index (χ2n) is 4.78. The van der Waals surface area contributed by atoms with Crippen LogP contribution < -0.4 is 0 Å². The van der Waals surface area contributed by atoms with Gasteiger partial charge in [-0.15, -0.1) is 0 Å². The van der Waals surface area contributed by atoms with Crippen molar-refractivity contribution in [2.75, 3.05) is 13.2 Å². The monoisotopic (exact) mass is 219 g/mol. The Kier molecular flexibility index (Phi) is 2.41. The van der Waals surface area contributed by atoms with E-state index in [1.807, 2.05) is 19.3 Å². The zero-order valence-electron chi connectivity index (χ0n) is 9.76. The molecule has 2 fully saturated rings. The van der Waals surface area contributed by atoms with Crippen molar-refractivity contribution in [3.8, 4) is 0 Å². The highest BCUT2D eigenvalue weighted by molar-refractivity contribution is 5.12. The van der Waals surface area contributed by atoms with Crippen LogP contribution in [0, 0.1) is 6.92 Å². The van der Waals surface area contributed by atoms with Crippen molar-refractivity contribution < 1.29 is 4.74 Å². The topological polar surface area (TPSA) is 38.2 Å². The molecule has 16 heavy (non-hydrogen) atoms. The third kappa shape index (κ3) is 1.62. The molecule has 2 aliphatic rings. The van der Waals surface area contributed by atoms with Crippen molar-refractivity contribution in [1.29, 1.82) is 0 Å². The Balaban J connectivity index is 1.77. The summed E-state index contributed by atoms with van der Waals surface area (Å²) in [5, 5.41) is 0. The van der Waals surface area contributed by atoms with Crippen LogP contribution in [0.25, 0.3) is 0 Å². The molecule has 4 nitrogen and oxygen atoms in total. The molecule has 0 saturated carbocycles. The molecule has 0 aliphatic carbocycles. The van der Waals surface area contributed by atoms with Gasteiger partial charge in [0.25, 0.3) is 0 Å². The van der Waals surface area contributed by atoms with Gasteiger partial charge in [0.05, 0.1) is 12.7 Å². The zero-order chi connectivity index (χ0) is 11.1. The molecule has 0 N–H and O–H groups in total. The number of hydrogen-bond acceptors (Lipinski definition) is 4. The molecule has 86 valence electrons. The maximum atomic E-state index is 5.61. The van der Waals surface area contributed by atoms with E-state index in [0.717, 1.165) is 19.0 Å². The van der Waals surface area contributed by atoms with Gasteiger partial charge in [0.1, 0.15) is 5.82 Å². The summed E-state index contributed by atoms with van der Waals surface area (Å²) < 4.78 is 5.61. The summed E-state index contributed by atoms with van der Waals surface area (Å²) in [5.74, 6) is 0.835. The molecule has 2 aliphatic heterocycles. The smallest absolute Gasteiger partial charge is 0.125 e. The molecule has 2 bridgehead atoms. The molecular weight excluding hydrogens is 202 g/mol. The number of fused-ring (bicyclic) bond motifs is 2. The number of ether oxygens (including phenoxy) is 1. The van der Waals surface area contributed by atoms with Crippen LogP contribution in [-0.4, -0.2) is 40.2 Å². The van der Waals surface area contributed by atoms with Gasteiger partial charge in [0.15, 0.2) is 0 Å². The fourth-order valence-corrected chi connectivity index (χ4v) is 2.71. The Labute approximate surface area is 95.7 Å². The largest absolute Gasteiger partial charge is 0.375 e. The van der Waals surface area contributed by atoms with E-state index >= 15 is 0 Å². The summed E-state index contributed by atoms with van der Waals surface area (Å²) in [4.78, 5) is 11.0. The number of aromatic nitrogens is 2. The van der Waals surface area contributed by atoms with Crippen molar-refractivity contribution >= 4 is 0 Å². The first-order chi connectivity index (χ1) is 7.74. The number of aryl methyl sites for hydroxylation is 1. The lowest BCUT2D eigenvalue weighted by molar-refractivity contribution is 0.0141. The fourth-order valence-electron chi connectivity index (χ4n) is 2.71. The number of morpholine rings is 1. The number of nitrogens with zero attached hydrogens (tertiary/aromatic N) is 3. The highest BCUT2D eigenvalue weighted by Gasteiger charge is 2.41. The first kappa shape index (κ1) is 10.2. The summed E-state index contributed by atoms with van der Waals surface area (Å²) in [6, 6.07) is 1.00. The zero-order valence-corrected chi connectivity index (χ0v) is 9.76. The quantitative estimate of drug-likeness (QED) is 0.752. The third-order valence-electron chi connectivity index (χ3n) is 3.72. The molecule has 3 rings (SSSR count).